The van der Waals surface area contributed by atoms with Crippen LogP contribution in [0.25, 0.3) is 4.85 Å². The maximum Gasteiger partial charge on any atom is 0.354 e. The minimum Gasteiger partial charge on any atom is -0.477 e. The number of pyridine rings is 1. The van der Waals surface area contributed by atoms with Gasteiger partial charge in [-0.15, -0.1) is 0 Å². The fraction of sp³-hybridized carbons (Fsp3) is 0.304. The number of hydrogen-bond donors (Lipinski definition) is 1. The average molecular weight is 419 g/mol. The Bertz CT molecular complexity index is 1160. The molecule has 2 atom stereocenters. The van der Waals surface area contributed by atoms with Crippen LogP contribution < -0.4 is 5.01 Å². The predicted octanol–water partition coefficient (Wildman–Crippen LogP) is 5.25. The van der Waals surface area contributed by atoms with Crippen molar-refractivity contribution in [3.63, 3.8) is 0 Å². The molecule has 1 aromatic heterocycles. The van der Waals surface area contributed by atoms with Crippen molar-refractivity contribution in [3.05, 3.63) is 75.4 Å². The minimum absolute atomic E-state index is 0.0687. The number of halogens is 1. The highest BCUT2D eigenvalue weighted by Gasteiger charge is 2.43. The van der Waals surface area contributed by atoms with Gasteiger partial charge in [-0.25, -0.2) is 14.6 Å². The molecular formula is C23H19ClN4O2. The van der Waals surface area contributed by atoms with Gasteiger partial charge in [0.15, 0.2) is 0 Å². The van der Waals surface area contributed by atoms with E-state index in [2.05, 4.69) is 15.9 Å². The number of allylic oxidation sites excluding steroid dienone is 1. The first-order chi connectivity index (χ1) is 14.6. The molecule has 0 bridgehead atoms. The summed E-state index contributed by atoms with van der Waals surface area (Å²) in [5, 5.41) is 16.7. The van der Waals surface area contributed by atoms with Gasteiger partial charge >= 0.3 is 5.97 Å². The summed E-state index contributed by atoms with van der Waals surface area (Å²) in [5.74, 6) is -0.794. The van der Waals surface area contributed by atoms with Crippen LogP contribution in [0.5, 0.6) is 0 Å². The maximum atomic E-state index is 11.3. The number of carboxylic acid groups (broad SMARTS) is 1. The summed E-state index contributed by atoms with van der Waals surface area (Å²) in [6.07, 6.45) is 7.21. The van der Waals surface area contributed by atoms with Crippen molar-refractivity contribution in [2.24, 2.45) is 11.0 Å². The molecule has 2 aliphatic carbocycles. The average Bonchev–Trinajstić information content (AvgIpc) is 3.40. The van der Waals surface area contributed by atoms with E-state index in [9.17, 15) is 9.90 Å². The molecule has 150 valence electrons. The molecule has 0 radical (unpaired) electrons. The van der Waals surface area contributed by atoms with E-state index in [1.54, 1.807) is 12.1 Å². The van der Waals surface area contributed by atoms with Crippen LogP contribution in [-0.4, -0.2) is 27.8 Å². The van der Waals surface area contributed by atoms with Crippen molar-refractivity contribution >= 4 is 34.7 Å². The van der Waals surface area contributed by atoms with Gasteiger partial charge in [0.25, 0.3) is 0 Å². The first-order valence-corrected chi connectivity index (χ1v) is 10.4. The Labute approximate surface area is 179 Å². The summed E-state index contributed by atoms with van der Waals surface area (Å²) < 4.78 is 0. The van der Waals surface area contributed by atoms with E-state index in [0.29, 0.717) is 10.7 Å². The smallest absolute Gasteiger partial charge is 0.354 e. The Hall–Kier alpha value is -3.17. The lowest BCUT2D eigenvalue weighted by atomic mass is 9.78. The highest BCUT2D eigenvalue weighted by molar-refractivity contribution is 6.33. The second-order valence-electron chi connectivity index (χ2n) is 7.83. The lowest BCUT2D eigenvalue weighted by Crippen LogP contribution is -2.37. The lowest BCUT2D eigenvalue weighted by molar-refractivity contribution is 0.0690. The Balaban J connectivity index is 1.61. The second-order valence-corrected chi connectivity index (χ2v) is 8.24. The van der Waals surface area contributed by atoms with Gasteiger partial charge in [0.2, 0.25) is 5.69 Å². The molecule has 0 spiro atoms. The predicted molar refractivity (Wildman–Crippen MR) is 115 cm³/mol. The molecule has 0 amide bonds. The molecule has 1 aliphatic heterocycles. The third-order valence-electron chi connectivity index (χ3n) is 6.14. The Kier molecular flexibility index (Phi) is 4.56. The van der Waals surface area contributed by atoms with Crippen molar-refractivity contribution < 1.29 is 9.90 Å². The standard InChI is InChI=1S/C23H19ClN4O2/c1-25-19-9-6-14(12-17(19)24)28-22(13-4-2-3-5-13)16-8-10-18-15(21(16)27-28)7-11-20(26-18)23(29)30/h4,6-7,9,11-12,16,22H,2-3,5,8,10H2,(H,29,30). The lowest BCUT2D eigenvalue weighted by Gasteiger charge is -2.31. The summed E-state index contributed by atoms with van der Waals surface area (Å²) in [4.78, 5) is 19.1. The van der Waals surface area contributed by atoms with E-state index in [4.69, 9.17) is 23.3 Å². The zero-order valence-electron chi connectivity index (χ0n) is 16.2. The monoisotopic (exact) mass is 418 g/mol. The van der Waals surface area contributed by atoms with E-state index in [0.717, 1.165) is 54.8 Å². The number of hydrogen-bond acceptors (Lipinski definition) is 4. The first kappa shape index (κ1) is 18.8. The van der Waals surface area contributed by atoms with Crippen molar-refractivity contribution in [3.8, 4) is 0 Å². The Morgan fingerprint density at radius 1 is 1.27 bits per heavy atom. The SMILES string of the molecule is [C-]#[N+]c1ccc(N2N=C3c4ccc(C(=O)O)nc4CCC3C2C2=CCCC2)cc1Cl. The first-order valence-electron chi connectivity index (χ1n) is 10.0. The van der Waals surface area contributed by atoms with Gasteiger partial charge in [-0.05, 0) is 61.9 Å². The Morgan fingerprint density at radius 2 is 2.13 bits per heavy atom. The molecule has 7 heteroatoms. The molecule has 6 nitrogen and oxygen atoms in total. The van der Waals surface area contributed by atoms with Gasteiger partial charge in [-0.2, -0.15) is 5.10 Å². The van der Waals surface area contributed by atoms with E-state index in [1.807, 2.05) is 23.2 Å². The number of rotatable bonds is 3. The summed E-state index contributed by atoms with van der Waals surface area (Å²) in [5.41, 5.74) is 5.45. The molecule has 3 aliphatic rings. The van der Waals surface area contributed by atoms with Crippen LogP contribution in [-0.2, 0) is 6.42 Å². The fourth-order valence-electron chi connectivity index (χ4n) is 4.78. The number of nitrogens with zero attached hydrogens (tertiary/aromatic N) is 4. The van der Waals surface area contributed by atoms with Crippen molar-refractivity contribution in [1.29, 1.82) is 0 Å². The van der Waals surface area contributed by atoms with Crippen LogP contribution in [0, 0.1) is 12.5 Å². The van der Waals surface area contributed by atoms with Crippen LogP contribution in [0.4, 0.5) is 11.4 Å². The third-order valence-corrected chi connectivity index (χ3v) is 6.45. The number of hydrazone groups is 1. The van der Waals surface area contributed by atoms with Crippen molar-refractivity contribution in [1.82, 2.24) is 4.98 Å². The van der Waals surface area contributed by atoms with Crippen LogP contribution in [0.2, 0.25) is 5.02 Å². The summed E-state index contributed by atoms with van der Waals surface area (Å²) in [6.45, 7) is 7.24. The van der Waals surface area contributed by atoms with Crippen LogP contribution in [0.3, 0.4) is 0 Å². The van der Waals surface area contributed by atoms with Gasteiger partial charge in [0, 0.05) is 16.5 Å². The highest BCUT2D eigenvalue weighted by Crippen LogP contribution is 2.43. The fourth-order valence-corrected chi connectivity index (χ4v) is 5.00. The third kappa shape index (κ3) is 2.98. The molecule has 0 saturated heterocycles. The van der Waals surface area contributed by atoms with Gasteiger partial charge in [-0.1, -0.05) is 23.7 Å². The van der Waals surface area contributed by atoms with Gasteiger partial charge in [0.05, 0.1) is 29.7 Å². The van der Waals surface area contributed by atoms with Gasteiger partial charge in [-0.3, -0.25) is 5.01 Å². The zero-order valence-corrected chi connectivity index (χ0v) is 16.9. The molecule has 2 unspecified atom stereocenters. The molecule has 2 heterocycles. The summed E-state index contributed by atoms with van der Waals surface area (Å²) in [6, 6.07) is 8.96. The number of aryl methyl sites for hydroxylation is 1. The quantitative estimate of drug-likeness (QED) is 0.546. The number of anilines is 1. The Morgan fingerprint density at radius 3 is 2.83 bits per heavy atom. The number of carbonyl (C=O) groups is 1. The molecule has 30 heavy (non-hydrogen) atoms. The van der Waals surface area contributed by atoms with Crippen LogP contribution in [0.15, 0.2) is 47.1 Å². The zero-order chi connectivity index (χ0) is 20.8. The maximum absolute atomic E-state index is 11.3. The highest BCUT2D eigenvalue weighted by atomic mass is 35.5. The minimum atomic E-state index is -1.02. The number of aromatic nitrogens is 1. The number of benzene rings is 1. The number of aromatic carboxylic acids is 1. The second kappa shape index (κ2) is 7.26. The largest absolute Gasteiger partial charge is 0.477 e. The van der Waals surface area contributed by atoms with Crippen molar-refractivity contribution in [2.75, 3.05) is 5.01 Å². The van der Waals surface area contributed by atoms with E-state index in [-0.39, 0.29) is 17.7 Å². The molecule has 0 saturated carbocycles. The molecular weight excluding hydrogens is 400 g/mol. The number of fused-ring (bicyclic) bond motifs is 3. The van der Waals surface area contributed by atoms with E-state index < -0.39 is 5.97 Å². The van der Waals surface area contributed by atoms with Crippen molar-refractivity contribution in [2.45, 2.75) is 38.1 Å². The topological polar surface area (TPSA) is 70.2 Å². The van der Waals surface area contributed by atoms with E-state index >= 15 is 0 Å². The molecule has 5 rings (SSSR count). The summed E-state index contributed by atoms with van der Waals surface area (Å²) >= 11 is 6.33. The summed E-state index contributed by atoms with van der Waals surface area (Å²) in [7, 11) is 0. The van der Waals surface area contributed by atoms with Gasteiger partial charge < -0.3 is 5.11 Å². The van der Waals surface area contributed by atoms with Crippen LogP contribution in [0.1, 0.15) is 47.4 Å². The molecule has 2 aromatic rings. The molecule has 1 N–H and O–H groups in total. The molecule has 0 fully saturated rings. The normalized spacial score (nSPS) is 22.1. The number of carboxylic acids is 1. The molecule has 1 aromatic carbocycles. The van der Waals surface area contributed by atoms with Crippen LogP contribution >= 0.6 is 11.6 Å². The van der Waals surface area contributed by atoms with E-state index in [1.165, 1.54) is 5.57 Å². The van der Waals surface area contributed by atoms with Gasteiger partial charge in [0.1, 0.15) is 5.69 Å².